The Morgan fingerprint density at radius 1 is 1.15 bits per heavy atom. The summed E-state index contributed by atoms with van der Waals surface area (Å²) in [6, 6.07) is 3.82. The average Bonchev–Trinajstić information content (AvgIpc) is 3.61. The van der Waals surface area contributed by atoms with Crippen molar-refractivity contribution in [2.75, 3.05) is 18.1 Å². The van der Waals surface area contributed by atoms with Gasteiger partial charge in [-0.3, -0.25) is 9.13 Å². The zero-order valence-corrected chi connectivity index (χ0v) is 18.7. The third kappa shape index (κ3) is 3.11. The highest BCUT2D eigenvalue weighted by Gasteiger charge is 2.39. The molecule has 2 aliphatic rings. The average molecular weight is 464 g/mol. The van der Waals surface area contributed by atoms with Crippen molar-refractivity contribution < 1.29 is 13.5 Å². The highest BCUT2D eigenvalue weighted by atomic mass is 19.2. The Morgan fingerprint density at radius 2 is 2.03 bits per heavy atom. The minimum Gasteiger partial charge on any atom is -0.379 e. The molecule has 4 aromatic rings. The molecule has 1 aromatic carbocycles. The largest absolute Gasteiger partial charge is 0.379 e. The van der Waals surface area contributed by atoms with E-state index < -0.39 is 11.6 Å². The van der Waals surface area contributed by atoms with Crippen molar-refractivity contribution in [1.29, 1.82) is 0 Å². The molecule has 1 unspecified atom stereocenters. The van der Waals surface area contributed by atoms with Crippen LogP contribution in [0.1, 0.15) is 37.5 Å². The highest BCUT2D eigenvalue weighted by molar-refractivity contribution is 5.64. The summed E-state index contributed by atoms with van der Waals surface area (Å²) >= 11 is 0. The summed E-state index contributed by atoms with van der Waals surface area (Å²) in [4.78, 5) is 16.2. The molecule has 0 amide bonds. The number of fused-ring (bicyclic) bond motifs is 3. The number of aryl methyl sites for hydroxylation is 1. The van der Waals surface area contributed by atoms with E-state index in [0.29, 0.717) is 30.5 Å². The van der Waals surface area contributed by atoms with E-state index in [9.17, 15) is 8.78 Å². The topological polar surface area (TPSA) is 86.8 Å². The van der Waals surface area contributed by atoms with Crippen molar-refractivity contribution in [3.8, 4) is 23.0 Å². The van der Waals surface area contributed by atoms with Crippen LogP contribution >= 0.6 is 0 Å². The molecule has 11 heteroatoms. The molecule has 1 saturated heterocycles. The van der Waals surface area contributed by atoms with Gasteiger partial charge in [-0.1, -0.05) is 6.92 Å². The molecule has 0 N–H and O–H groups in total. The van der Waals surface area contributed by atoms with E-state index in [4.69, 9.17) is 9.72 Å². The molecule has 3 aromatic heterocycles. The molecule has 0 radical (unpaired) electrons. The van der Waals surface area contributed by atoms with Crippen LogP contribution in [0.15, 0.2) is 36.8 Å². The van der Waals surface area contributed by atoms with Gasteiger partial charge in [-0.25, -0.2) is 18.7 Å². The number of hydrogen-bond acceptors (Lipinski definition) is 7. The number of rotatable bonds is 4. The van der Waals surface area contributed by atoms with Gasteiger partial charge in [0.2, 0.25) is 5.95 Å². The van der Waals surface area contributed by atoms with Crippen molar-refractivity contribution in [2.45, 2.75) is 38.8 Å². The molecule has 34 heavy (non-hydrogen) atoms. The van der Waals surface area contributed by atoms with Gasteiger partial charge < -0.3 is 9.64 Å². The predicted molar refractivity (Wildman–Crippen MR) is 119 cm³/mol. The highest BCUT2D eigenvalue weighted by Crippen LogP contribution is 2.41. The van der Waals surface area contributed by atoms with Crippen molar-refractivity contribution in [3.63, 3.8) is 0 Å². The SMILES string of the molecule is CC[C@@H]1c2nnc(C)n2-c2cnc(-n3ccnc3-c3ccc(F)c(F)c3)nc2N1C1CCOC1. The minimum absolute atomic E-state index is 0.0170. The van der Waals surface area contributed by atoms with Gasteiger partial charge >= 0.3 is 0 Å². The standard InChI is InChI=1S/C23H22F2N8O/c1-3-18-22-30-29-13(2)32(22)19-11-27-23(28-21(19)33(18)15-6-9-34-12-15)31-8-7-26-20(31)14-4-5-16(24)17(25)10-14/h4-5,7-8,10-11,15,18H,3,6,9,12H2,1-2H3/t15?,18-/m1/s1. The summed E-state index contributed by atoms with van der Waals surface area (Å²) in [5.41, 5.74) is 1.22. The van der Waals surface area contributed by atoms with Gasteiger partial charge in [-0.2, -0.15) is 4.98 Å². The first-order chi connectivity index (χ1) is 16.6. The molecule has 9 nitrogen and oxygen atoms in total. The van der Waals surface area contributed by atoms with Crippen LogP contribution in [0.25, 0.3) is 23.0 Å². The van der Waals surface area contributed by atoms with E-state index in [1.54, 1.807) is 23.2 Å². The van der Waals surface area contributed by atoms with Gasteiger partial charge in [0.15, 0.2) is 23.3 Å². The smallest absolute Gasteiger partial charge is 0.237 e. The Labute approximate surface area is 194 Å². The first kappa shape index (κ1) is 20.8. The van der Waals surface area contributed by atoms with E-state index in [1.165, 1.54) is 6.07 Å². The quantitative estimate of drug-likeness (QED) is 0.456. The van der Waals surface area contributed by atoms with Crippen LogP contribution in [0.2, 0.25) is 0 Å². The molecule has 2 atom stereocenters. The Morgan fingerprint density at radius 3 is 2.79 bits per heavy atom. The molecule has 0 saturated carbocycles. The summed E-state index contributed by atoms with van der Waals surface area (Å²) in [6.45, 7) is 5.32. The summed E-state index contributed by atoms with van der Waals surface area (Å²) in [5.74, 6) is 1.33. The zero-order valence-electron chi connectivity index (χ0n) is 18.7. The Bertz CT molecular complexity index is 1380. The third-order valence-corrected chi connectivity index (χ3v) is 6.43. The van der Waals surface area contributed by atoms with Gasteiger partial charge in [0.25, 0.3) is 0 Å². The number of anilines is 1. The van der Waals surface area contributed by atoms with Crippen molar-refractivity contribution >= 4 is 5.82 Å². The maximum atomic E-state index is 13.9. The van der Waals surface area contributed by atoms with Crippen molar-refractivity contribution in [3.05, 3.63) is 60.1 Å². The molecular formula is C23H22F2N8O. The normalized spacial score (nSPS) is 19.4. The first-order valence-corrected chi connectivity index (χ1v) is 11.2. The van der Waals surface area contributed by atoms with E-state index in [-0.39, 0.29) is 12.1 Å². The van der Waals surface area contributed by atoms with Gasteiger partial charge in [0.1, 0.15) is 17.3 Å². The lowest BCUT2D eigenvalue weighted by Crippen LogP contribution is -2.43. The van der Waals surface area contributed by atoms with Crippen LogP contribution in [0.4, 0.5) is 14.6 Å². The monoisotopic (exact) mass is 464 g/mol. The van der Waals surface area contributed by atoms with Crippen LogP contribution in [0.3, 0.4) is 0 Å². The Hall–Kier alpha value is -3.73. The number of hydrogen-bond donors (Lipinski definition) is 0. The second kappa shape index (κ2) is 7.94. The molecule has 0 spiro atoms. The Kier molecular flexibility index (Phi) is 4.87. The predicted octanol–water partition coefficient (Wildman–Crippen LogP) is 3.56. The molecule has 2 aliphatic heterocycles. The maximum Gasteiger partial charge on any atom is 0.237 e. The van der Waals surface area contributed by atoms with Crippen molar-refractivity contribution in [2.24, 2.45) is 0 Å². The molecule has 5 heterocycles. The molecular weight excluding hydrogens is 442 g/mol. The summed E-state index contributed by atoms with van der Waals surface area (Å²) in [5, 5.41) is 8.78. The summed E-state index contributed by atoms with van der Waals surface area (Å²) in [6.07, 6.45) is 6.74. The first-order valence-electron chi connectivity index (χ1n) is 11.2. The fourth-order valence-corrected chi connectivity index (χ4v) is 4.85. The van der Waals surface area contributed by atoms with E-state index in [1.807, 2.05) is 11.5 Å². The molecule has 0 bridgehead atoms. The van der Waals surface area contributed by atoms with Gasteiger partial charge in [0.05, 0.1) is 24.9 Å². The second-order valence-corrected chi connectivity index (χ2v) is 8.42. The fourth-order valence-electron chi connectivity index (χ4n) is 4.85. The van der Waals surface area contributed by atoms with E-state index in [0.717, 1.165) is 48.1 Å². The molecule has 1 fully saturated rings. The number of halogens is 2. The maximum absolute atomic E-state index is 13.9. The van der Waals surface area contributed by atoms with Crippen LogP contribution in [0, 0.1) is 18.6 Å². The number of imidazole rings is 1. The van der Waals surface area contributed by atoms with E-state index in [2.05, 4.69) is 32.0 Å². The van der Waals surface area contributed by atoms with Gasteiger partial charge in [0, 0.05) is 24.6 Å². The van der Waals surface area contributed by atoms with E-state index >= 15 is 0 Å². The Balaban J connectivity index is 1.52. The number of ether oxygens (including phenoxy) is 1. The number of aromatic nitrogens is 7. The zero-order chi connectivity index (χ0) is 23.4. The minimum atomic E-state index is -0.938. The van der Waals surface area contributed by atoms with Crippen LogP contribution in [-0.2, 0) is 4.74 Å². The molecule has 174 valence electrons. The van der Waals surface area contributed by atoms with Crippen LogP contribution < -0.4 is 4.90 Å². The molecule has 0 aliphatic carbocycles. The van der Waals surface area contributed by atoms with Gasteiger partial charge in [-0.15, -0.1) is 10.2 Å². The lowest BCUT2D eigenvalue weighted by atomic mass is 10.0. The summed E-state index contributed by atoms with van der Waals surface area (Å²) in [7, 11) is 0. The second-order valence-electron chi connectivity index (χ2n) is 8.42. The third-order valence-electron chi connectivity index (χ3n) is 6.43. The number of nitrogens with zero attached hydrogens (tertiary/aromatic N) is 8. The summed E-state index contributed by atoms with van der Waals surface area (Å²) < 4.78 is 36.8. The molecule has 6 rings (SSSR count). The number of benzene rings is 1. The fraction of sp³-hybridized carbons (Fsp3) is 0.348. The van der Waals surface area contributed by atoms with Crippen molar-refractivity contribution in [1.82, 2.24) is 34.3 Å². The van der Waals surface area contributed by atoms with Gasteiger partial charge in [-0.05, 0) is 38.0 Å². The lowest BCUT2D eigenvalue weighted by Gasteiger charge is -2.40. The van der Waals surface area contributed by atoms with Crippen LogP contribution in [0.5, 0.6) is 0 Å². The lowest BCUT2D eigenvalue weighted by molar-refractivity contribution is 0.191. The van der Waals surface area contributed by atoms with Crippen LogP contribution in [-0.4, -0.2) is 53.5 Å².